The predicted molar refractivity (Wildman–Crippen MR) is 101 cm³/mol. The van der Waals surface area contributed by atoms with Crippen LogP contribution < -0.4 is 0 Å². The van der Waals surface area contributed by atoms with Crippen LogP contribution in [0.15, 0.2) is 57.6 Å². The Morgan fingerprint density at radius 3 is 2.61 bits per heavy atom. The number of para-hydroxylation sites is 1. The first-order valence-corrected chi connectivity index (χ1v) is 9.02. The molecule has 0 amide bonds. The van der Waals surface area contributed by atoms with E-state index < -0.39 is 5.97 Å². The predicted octanol–water partition coefficient (Wildman–Crippen LogP) is 4.29. The van der Waals surface area contributed by atoms with Crippen molar-refractivity contribution in [2.75, 3.05) is 0 Å². The Morgan fingerprint density at radius 2 is 1.82 bits per heavy atom. The second-order valence-corrected chi connectivity index (χ2v) is 6.75. The van der Waals surface area contributed by atoms with Crippen molar-refractivity contribution in [2.24, 2.45) is 0 Å². The topological polar surface area (TPSA) is 91.2 Å². The van der Waals surface area contributed by atoms with Crippen molar-refractivity contribution in [1.29, 1.82) is 0 Å². The van der Waals surface area contributed by atoms with Crippen molar-refractivity contribution in [3.63, 3.8) is 0 Å². The van der Waals surface area contributed by atoms with Gasteiger partial charge in [0.1, 0.15) is 5.69 Å². The molecule has 0 atom stereocenters. The smallest absolute Gasteiger partial charge is 0.312 e. The molecule has 2 aromatic carbocycles. The zero-order valence-electron chi connectivity index (χ0n) is 15.6. The maximum Gasteiger partial charge on any atom is 0.312 e. The van der Waals surface area contributed by atoms with Gasteiger partial charge in [-0.3, -0.25) is 4.79 Å². The number of nitrogens with zero attached hydrogens (tertiary/aromatic N) is 3. The van der Waals surface area contributed by atoms with Gasteiger partial charge in [-0.25, -0.2) is 0 Å². The molecular weight excluding hydrogens is 358 g/mol. The monoisotopic (exact) mass is 377 g/mol. The molecule has 0 radical (unpaired) electrons. The van der Waals surface area contributed by atoms with Gasteiger partial charge in [-0.05, 0) is 23.6 Å². The first-order valence-electron chi connectivity index (χ1n) is 9.02. The fourth-order valence-corrected chi connectivity index (χ4v) is 2.84. The van der Waals surface area contributed by atoms with Crippen LogP contribution >= 0.6 is 0 Å². The molecule has 28 heavy (non-hydrogen) atoms. The Kier molecular flexibility index (Phi) is 4.89. The van der Waals surface area contributed by atoms with Crippen LogP contribution in [0.1, 0.15) is 36.9 Å². The Hall–Kier alpha value is -3.48. The summed E-state index contributed by atoms with van der Waals surface area (Å²) in [5.74, 6) is 0.710. The summed E-state index contributed by atoms with van der Waals surface area (Å²) in [5.41, 5.74) is 3.26. The molecule has 4 rings (SSSR count). The number of aromatic nitrogens is 3. The lowest BCUT2D eigenvalue weighted by atomic mass is 10.0. The number of carbonyl (C=O) groups excluding carboxylic acids is 1. The van der Waals surface area contributed by atoms with Crippen molar-refractivity contribution in [2.45, 2.75) is 32.8 Å². The van der Waals surface area contributed by atoms with Crippen molar-refractivity contribution >= 4 is 16.9 Å². The van der Waals surface area contributed by atoms with Gasteiger partial charge in [0.25, 0.3) is 5.89 Å². The maximum atomic E-state index is 12.1. The van der Waals surface area contributed by atoms with E-state index in [1.165, 1.54) is 5.56 Å². The highest BCUT2D eigenvalue weighted by Crippen LogP contribution is 2.21. The van der Waals surface area contributed by atoms with Crippen LogP contribution in [0.25, 0.3) is 22.4 Å². The van der Waals surface area contributed by atoms with Gasteiger partial charge in [-0.2, -0.15) is 4.98 Å². The zero-order valence-corrected chi connectivity index (χ0v) is 15.6. The molecular formula is C21H19N3O4. The molecule has 0 bridgehead atoms. The molecule has 142 valence electrons. The number of esters is 1. The van der Waals surface area contributed by atoms with E-state index in [4.69, 9.17) is 13.8 Å². The average molecular weight is 377 g/mol. The van der Waals surface area contributed by atoms with E-state index in [9.17, 15) is 4.79 Å². The molecule has 0 aliphatic heterocycles. The summed E-state index contributed by atoms with van der Waals surface area (Å²) in [6.07, 6.45) is 0.00860. The largest absolute Gasteiger partial charge is 0.455 e. The van der Waals surface area contributed by atoms with E-state index in [0.29, 0.717) is 23.0 Å². The normalized spacial score (nSPS) is 11.2. The van der Waals surface area contributed by atoms with Gasteiger partial charge in [0.2, 0.25) is 5.82 Å². The quantitative estimate of drug-likeness (QED) is 0.463. The molecule has 0 saturated carbocycles. The van der Waals surface area contributed by atoms with Crippen LogP contribution in [-0.2, 0) is 22.6 Å². The second-order valence-electron chi connectivity index (χ2n) is 6.75. The number of rotatable bonds is 6. The lowest BCUT2D eigenvalue weighted by Gasteiger charge is -2.04. The van der Waals surface area contributed by atoms with Gasteiger partial charge < -0.3 is 13.8 Å². The summed E-state index contributed by atoms with van der Waals surface area (Å²) in [6.45, 7) is 4.18. The van der Waals surface area contributed by atoms with Crippen molar-refractivity contribution in [1.82, 2.24) is 15.3 Å². The van der Waals surface area contributed by atoms with E-state index in [2.05, 4.69) is 29.1 Å². The summed E-state index contributed by atoms with van der Waals surface area (Å²) >= 11 is 0. The van der Waals surface area contributed by atoms with Gasteiger partial charge in [0, 0.05) is 10.9 Å². The number of hydrogen-bond donors (Lipinski definition) is 0. The van der Waals surface area contributed by atoms with Crippen molar-refractivity contribution < 1.29 is 18.6 Å². The van der Waals surface area contributed by atoms with E-state index in [1.807, 2.05) is 42.5 Å². The third-order valence-corrected chi connectivity index (χ3v) is 4.42. The van der Waals surface area contributed by atoms with E-state index >= 15 is 0 Å². The molecule has 0 unspecified atom stereocenters. The molecule has 0 fully saturated rings. The summed E-state index contributed by atoms with van der Waals surface area (Å²) < 4.78 is 15.6. The first kappa shape index (κ1) is 17.9. The standard InChI is InChI=1S/C21H19N3O4/c1-13(2)14-7-9-15(10-8-14)21-22-19(28-24-21)12-26-20(25)11-17-16-5-3-4-6-18(16)27-23-17/h3-10,13H,11-12H2,1-2H3. The summed E-state index contributed by atoms with van der Waals surface area (Å²) in [7, 11) is 0. The van der Waals surface area contributed by atoms with Crippen molar-refractivity contribution in [3.8, 4) is 11.4 Å². The minimum absolute atomic E-state index is 0.00860. The van der Waals surface area contributed by atoms with Crippen molar-refractivity contribution in [3.05, 3.63) is 65.7 Å². The second kappa shape index (κ2) is 7.64. The number of ether oxygens (including phenoxy) is 1. The zero-order chi connectivity index (χ0) is 19.5. The van der Waals surface area contributed by atoms with Gasteiger partial charge >= 0.3 is 5.97 Å². The Bertz CT molecular complexity index is 1100. The number of carbonyl (C=O) groups is 1. The molecule has 0 spiro atoms. The summed E-state index contributed by atoms with van der Waals surface area (Å²) in [5, 5.41) is 8.67. The molecule has 0 saturated heterocycles. The molecule has 0 aliphatic carbocycles. The molecule has 2 aromatic heterocycles. The number of benzene rings is 2. The lowest BCUT2D eigenvalue weighted by molar-refractivity contribution is -0.145. The Labute approximate surface area is 161 Å². The molecule has 4 aromatic rings. The molecule has 7 nitrogen and oxygen atoms in total. The van der Waals surface area contributed by atoms with Gasteiger partial charge in [0.15, 0.2) is 12.2 Å². The van der Waals surface area contributed by atoms with Gasteiger partial charge in [-0.1, -0.05) is 60.6 Å². The van der Waals surface area contributed by atoms with E-state index in [-0.39, 0.29) is 18.9 Å². The minimum atomic E-state index is -0.444. The Morgan fingerprint density at radius 1 is 1.04 bits per heavy atom. The fraction of sp³-hybridized carbons (Fsp3) is 0.238. The number of fused-ring (bicyclic) bond motifs is 1. The third kappa shape index (κ3) is 3.78. The van der Waals surface area contributed by atoms with Crippen LogP contribution in [0.3, 0.4) is 0 Å². The maximum absolute atomic E-state index is 12.1. The van der Waals surface area contributed by atoms with E-state index in [1.54, 1.807) is 6.07 Å². The molecule has 0 aliphatic rings. The molecule has 7 heteroatoms. The van der Waals surface area contributed by atoms with Crippen LogP contribution in [0.5, 0.6) is 0 Å². The Balaban J connectivity index is 1.37. The van der Waals surface area contributed by atoms with Crippen LogP contribution in [0, 0.1) is 0 Å². The lowest BCUT2D eigenvalue weighted by Crippen LogP contribution is -2.08. The van der Waals surface area contributed by atoms with Crippen LogP contribution in [0.2, 0.25) is 0 Å². The molecule has 0 N–H and O–H groups in total. The SMILES string of the molecule is CC(C)c1ccc(-c2noc(COC(=O)Cc3noc4ccccc34)n2)cc1. The highest BCUT2D eigenvalue weighted by atomic mass is 16.6. The number of hydrogen-bond acceptors (Lipinski definition) is 7. The highest BCUT2D eigenvalue weighted by molar-refractivity contribution is 5.84. The third-order valence-electron chi connectivity index (χ3n) is 4.42. The van der Waals surface area contributed by atoms with Crippen LogP contribution in [0.4, 0.5) is 0 Å². The van der Waals surface area contributed by atoms with Gasteiger partial charge in [0.05, 0.1) is 6.42 Å². The fourth-order valence-electron chi connectivity index (χ4n) is 2.84. The molecule has 2 heterocycles. The summed E-state index contributed by atoms with van der Waals surface area (Å²) in [4.78, 5) is 16.4. The summed E-state index contributed by atoms with van der Waals surface area (Å²) in [6, 6.07) is 15.3. The highest BCUT2D eigenvalue weighted by Gasteiger charge is 2.15. The first-order chi connectivity index (χ1) is 13.6. The van der Waals surface area contributed by atoms with E-state index in [0.717, 1.165) is 10.9 Å². The van der Waals surface area contributed by atoms with Crippen LogP contribution in [-0.4, -0.2) is 21.3 Å². The van der Waals surface area contributed by atoms with Gasteiger partial charge in [-0.15, -0.1) is 0 Å². The minimum Gasteiger partial charge on any atom is -0.455 e. The average Bonchev–Trinajstić information content (AvgIpc) is 3.34.